The minimum Gasteiger partial charge on any atom is -0.480 e. The maximum absolute atomic E-state index is 12.6. The molecular weight excluding hydrogens is 434 g/mol. The van der Waals surface area contributed by atoms with E-state index in [1.165, 1.54) is 0 Å². The average Bonchev–Trinajstić information content (AvgIpc) is 2.83. The van der Waals surface area contributed by atoms with Crippen LogP contribution in [-0.2, 0) is 22.4 Å². The van der Waals surface area contributed by atoms with E-state index in [1.807, 2.05) is 24.3 Å². The molecule has 1 fully saturated rings. The summed E-state index contributed by atoms with van der Waals surface area (Å²) in [6.45, 7) is 2.43. The van der Waals surface area contributed by atoms with Crippen LogP contribution in [0.1, 0.15) is 5.56 Å². The second kappa shape index (κ2) is 8.90. The highest BCUT2D eigenvalue weighted by molar-refractivity contribution is 6.34. The Bertz CT molecular complexity index is 1210. The Kier molecular flexibility index (Phi) is 5.82. The molecule has 1 unspecified atom stereocenters. The Balaban J connectivity index is 1.46. The molecule has 2 aromatic heterocycles. The van der Waals surface area contributed by atoms with Gasteiger partial charge in [0.05, 0.1) is 32.6 Å². The number of benzene rings is 1. The zero-order valence-electron chi connectivity index (χ0n) is 17.5. The van der Waals surface area contributed by atoms with Crippen LogP contribution in [0.4, 0.5) is 0 Å². The molecule has 1 aromatic carbocycles. The van der Waals surface area contributed by atoms with Gasteiger partial charge < -0.3 is 18.9 Å². The number of aryl methyl sites for hydroxylation is 1. The van der Waals surface area contributed by atoms with E-state index in [2.05, 4.69) is 16.0 Å². The predicted molar refractivity (Wildman–Crippen MR) is 118 cm³/mol. The SMILES string of the molecule is COc1nccc(-c2ccc3c(c2)CCn2c-3cc(OCC3COCCO3)nc2=O)c1Cl. The van der Waals surface area contributed by atoms with Crippen LogP contribution >= 0.6 is 11.6 Å². The van der Waals surface area contributed by atoms with Gasteiger partial charge in [0.25, 0.3) is 0 Å². The van der Waals surface area contributed by atoms with E-state index >= 15 is 0 Å². The molecule has 0 spiro atoms. The molecule has 1 saturated heterocycles. The van der Waals surface area contributed by atoms with E-state index in [0.717, 1.165) is 27.9 Å². The maximum Gasteiger partial charge on any atom is 0.351 e. The zero-order valence-corrected chi connectivity index (χ0v) is 18.3. The molecule has 5 rings (SSSR count). The van der Waals surface area contributed by atoms with E-state index in [4.69, 9.17) is 30.5 Å². The van der Waals surface area contributed by atoms with Gasteiger partial charge in [-0.25, -0.2) is 9.78 Å². The quantitative estimate of drug-likeness (QED) is 0.584. The van der Waals surface area contributed by atoms with Crippen molar-refractivity contribution in [2.45, 2.75) is 19.1 Å². The Labute approximate surface area is 189 Å². The van der Waals surface area contributed by atoms with Gasteiger partial charge in [-0.3, -0.25) is 4.57 Å². The van der Waals surface area contributed by atoms with Crippen molar-refractivity contribution in [3.05, 3.63) is 57.6 Å². The standard InChI is InChI=1S/C23H22ClN3O5/c1-29-22-21(24)18(4-6-25-22)14-2-3-17-15(10-14)5-7-27-19(17)11-20(26-23(27)28)32-13-16-12-30-8-9-31-16/h2-4,6,10-11,16H,5,7-9,12-13H2,1H3. The van der Waals surface area contributed by atoms with Gasteiger partial charge in [0.2, 0.25) is 11.8 Å². The molecule has 0 amide bonds. The highest BCUT2D eigenvalue weighted by Gasteiger charge is 2.22. The lowest BCUT2D eigenvalue weighted by molar-refractivity contribution is -0.102. The Hall–Kier alpha value is -2.94. The Morgan fingerprint density at radius 3 is 2.94 bits per heavy atom. The fourth-order valence-electron chi connectivity index (χ4n) is 4.05. The Morgan fingerprint density at radius 2 is 2.12 bits per heavy atom. The number of fused-ring (bicyclic) bond motifs is 3. The van der Waals surface area contributed by atoms with Crippen LogP contribution in [-0.4, -0.2) is 54.2 Å². The molecule has 8 nitrogen and oxygen atoms in total. The summed E-state index contributed by atoms with van der Waals surface area (Å²) in [4.78, 5) is 20.9. The van der Waals surface area contributed by atoms with Crippen LogP contribution in [0, 0.1) is 0 Å². The van der Waals surface area contributed by atoms with Crippen molar-refractivity contribution in [2.75, 3.05) is 33.5 Å². The van der Waals surface area contributed by atoms with Crippen molar-refractivity contribution in [1.82, 2.24) is 14.5 Å². The lowest BCUT2D eigenvalue weighted by Gasteiger charge is -2.24. The van der Waals surface area contributed by atoms with Crippen molar-refractivity contribution in [1.29, 1.82) is 0 Å². The first-order valence-corrected chi connectivity index (χ1v) is 10.8. The lowest BCUT2D eigenvalue weighted by Crippen LogP contribution is -2.34. The average molecular weight is 456 g/mol. The first-order valence-electron chi connectivity index (χ1n) is 10.4. The van der Waals surface area contributed by atoms with Gasteiger partial charge in [-0.1, -0.05) is 29.8 Å². The lowest BCUT2D eigenvalue weighted by atomic mass is 9.93. The number of hydrogen-bond acceptors (Lipinski definition) is 7. The first-order chi connectivity index (χ1) is 15.6. The highest BCUT2D eigenvalue weighted by atomic mass is 35.5. The summed E-state index contributed by atoms with van der Waals surface area (Å²) in [5.41, 5.74) is 4.36. The molecule has 4 heterocycles. The summed E-state index contributed by atoms with van der Waals surface area (Å²) in [7, 11) is 1.54. The number of ether oxygens (including phenoxy) is 4. The third-order valence-corrected chi connectivity index (χ3v) is 6.00. The zero-order chi connectivity index (χ0) is 22.1. The summed E-state index contributed by atoms with van der Waals surface area (Å²) in [5, 5.41) is 0.469. The van der Waals surface area contributed by atoms with Crippen molar-refractivity contribution in [3.63, 3.8) is 0 Å². The van der Waals surface area contributed by atoms with E-state index in [-0.39, 0.29) is 24.3 Å². The van der Waals surface area contributed by atoms with Gasteiger partial charge in [0.15, 0.2) is 0 Å². The summed E-state index contributed by atoms with van der Waals surface area (Å²) < 4.78 is 23.7. The van der Waals surface area contributed by atoms with Gasteiger partial charge in [0.1, 0.15) is 17.7 Å². The van der Waals surface area contributed by atoms with E-state index in [9.17, 15) is 4.79 Å². The van der Waals surface area contributed by atoms with Crippen molar-refractivity contribution < 1.29 is 18.9 Å². The van der Waals surface area contributed by atoms with Gasteiger partial charge in [0, 0.05) is 29.9 Å². The van der Waals surface area contributed by atoms with Gasteiger partial charge in [-0.05, 0) is 23.6 Å². The molecular formula is C23H22ClN3O5. The fraction of sp³-hybridized carbons (Fsp3) is 0.348. The van der Waals surface area contributed by atoms with Crippen LogP contribution in [0.15, 0.2) is 41.3 Å². The molecule has 32 heavy (non-hydrogen) atoms. The molecule has 2 aliphatic heterocycles. The number of rotatable bonds is 5. The van der Waals surface area contributed by atoms with E-state index in [1.54, 1.807) is 17.9 Å². The smallest absolute Gasteiger partial charge is 0.351 e. The van der Waals surface area contributed by atoms with Gasteiger partial charge in [-0.15, -0.1) is 0 Å². The second-order valence-electron chi connectivity index (χ2n) is 7.60. The van der Waals surface area contributed by atoms with Crippen LogP contribution in [0.3, 0.4) is 0 Å². The van der Waals surface area contributed by atoms with Crippen molar-refractivity contribution in [3.8, 4) is 34.1 Å². The topological polar surface area (TPSA) is 84.7 Å². The number of pyridine rings is 1. The molecule has 0 bridgehead atoms. The molecule has 0 radical (unpaired) electrons. The number of hydrogen-bond donors (Lipinski definition) is 0. The normalized spacial score (nSPS) is 17.4. The number of aromatic nitrogens is 3. The number of nitrogens with zero attached hydrogens (tertiary/aromatic N) is 3. The van der Waals surface area contributed by atoms with Crippen molar-refractivity contribution >= 4 is 11.6 Å². The minimum absolute atomic E-state index is 0.165. The Morgan fingerprint density at radius 1 is 1.22 bits per heavy atom. The van der Waals surface area contributed by atoms with E-state index in [0.29, 0.717) is 43.7 Å². The van der Waals surface area contributed by atoms with Crippen LogP contribution < -0.4 is 15.2 Å². The molecule has 2 aliphatic rings. The maximum atomic E-state index is 12.6. The fourth-order valence-corrected chi connectivity index (χ4v) is 4.35. The molecule has 3 aromatic rings. The van der Waals surface area contributed by atoms with Crippen LogP contribution in [0.25, 0.3) is 22.4 Å². The second-order valence-corrected chi connectivity index (χ2v) is 7.97. The summed E-state index contributed by atoms with van der Waals surface area (Å²) >= 11 is 6.47. The number of methoxy groups -OCH3 is 1. The largest absolute Gasteiger partial charge is 0.480 e. The van der Waals surface area contributed by atoms with Crippen LogP contribution in [0.2, 0.25) is 5.02 Å². The van der Waals surface area contributed by atoms with E-state index < -0.39 is 0 Å². The number of halogens is 1. The van der Waals surface area contributed by atoms with Gasteiger partial charge >= 0.3 is 5.69 Å². The summed E-state index contributed by atoms with van der Waals surface area (Å²) in [6, 6.07) is 9.75. The molecule has 0 N–H and O–H groups in total. The molecule has 166 valence electrons. The van der Waals surface area contributed by atoms with Crippen LogP contribution in [0.5, 0.6) is 11.8 Å². The third kappa shape index (κ3) is 3.97. The molecule has 0 aliphatic carbocycles. The van der Waals surface area contributed by atoms with Gasteiger partial charge in [-0.2, -0.15) is 4.98 Å². The third-order valence-electron chi connectivity index (χ3n) is 5.64. The molecule has 0 saturated carbocycles. The molecule has 9 heteroatoms. The first kappa shape index (κ1) is 20.9. The highest BCUT2D eigenvalue weighted by Crippen LogP contribution is 2.37. The monoisotopic (exact) mass is 455 g/mol. The van der Waals surface area contributed by atoms with Crippen molar-refractivity contribution in [2.24, 2.45) is 0 Å². The minimum atomic E-state index is -0.324. The summed E-state index contributed by atoms with van der Waals surface area (Å²) in [6.07, 6.45) is 2.22. The molecule has 1 atom stereocenters. The summed E-state index contributed by atoms with van der Waals surface area (Å²) in [5.74, 6) is 0.674. The predicted octanol–water partition coefficient (Wildman–Crippen LogP) is 2.98.